The summed E-state index contributed by atoms with van der Waals surface area (Å²) in [5.74, 6) is 0.441. The van der Waals surface area contributed by atoms with Crippen LogP contribution in [0.3, 0.4) is 0 Å². The molecule has 0 unspecified atom stereocenters. The third-order valence-electron chi connectivity index (χ3n) is 5.38. The van der Waals surface area contributed by atoms with Gasteiger partial charge in [-0.15, -0.1) is 0 Å². The van der Waals surface area contributed by atoms with Gasteiger partial charge in [-0.3, -0.25) is 24.5 Å². The van der Waals surface area contributed by atoms with E-state index in [4.69, 9.17) is 4.98 Å². The van der Waals surface area contributed by atoms with Crippen molar-refractivity contribution < 1.29 is 4.92 Å². The van der Waals surface area contributed by atoms with Crippen molar-refractivity contribution >= 4 is 28.5 Å². The zero-order chi connectivity index (χ0) is 23.5. The molecule has 34 heavy (non-hydrogen) atoms. The molecule has 7 heteroatoms. The van der Waals surface area contributed by atoms with Gasteiger partial charge in [0.2, 0.25) is 0 Å². The van der Waals surface area contributed by atoms with E-state index < -0.39 is 4.92 Å². The van der Waals surface area contributed by atoms with Crippen LogP contribution < -0.4 is 5.56 Å². The lowest BCUT2D eigenvalue weighted by Crippen LogP contribution is -2.21. The van der Waals surface area contributed by atoms with E-state index in [-0.39, 0.29) is 11.2 Å². The number of nitrogens with zero attached hydrogens (tertiary/aromatic N) is 4. The Balaban J connectivity index is 1.61. The van der Waals surface area contributed by atoms with Crippen LogP contribution in [-0.2, 0) is 0 Å². The third-order valence-corrected chi connectivity index (χ3v) is 5.38. The first kappa shape index (κ1) is 21.0. The molecule has 0 saturated heterocycles. The summed E-state index contributed by atoms with van der Waals surface area (Å²) < 4.78 is 1.48. The van der Waals surface area contributed by atoms with Gasteiger partial charge in [-0.2, -0.15) is 0 Å². The number of aliphatic imine (C=N–C) groups is 1. The first-order chi connectivity index (χ1) is 16.6. The Morgan fingerprint density at radius 2 is 1.50 bits per heavy atom. The third kappa shape index (κ3) is 4.10. The van der Waals surface area contributed by atoms with Crippen LogP contribution in [0.2, 0.25) is 0 Å². The predicted octanol–water partition coefficient (Wildman–Crippen LogP) is 5.71. The Labute approximate surface area is 194 Å². The zero-order valence-corrected chi connectivity index (χ0v) is 17.9. The van der Waals surface area contributed by atoms with Gasteiger partial charge in [-0.1, -0.05) is 42.5 Å². The van der Waals surface area contributed by atoms with Crippen molar-refractivity contribution in [3.63, 3.8) is 0 Å². The maximum absolute atomic E-state index is 13.4. The number of hydrogen-bond donors (Lipinski definition) is 0. The maximum atomic E-state index is 13.4. The van der Waals surface area contributed by atoms with Crippen LogP contribution in [0.4, 0.5) is 11.4 Å². The topological polar surface area (TPSA) is 90.4 Å². The van der Waals surface area contributed by atoms with E-state index >= 15 is 0 Å². The lowest BCUT2D eigenvalue weighted by Gasteiger charge is -2.14. The highest BCUT2D eigenvalue weighted by Gasteiger charge is 2.15. The minimum absolute atomic E-state index is 0.0484. The predicted molar refractivity (Wildman–Crippen MR) is 133 cm³/mol. The van der Waals surface area contributed by atoms with Crippen molar-refractivity contribution in [3.8, 4) is 17.1 Å². The fourth-order valence-corrected chi connectivity index (χ4v) is 3.67. The summed E-state index contributed by atoms with van der Waals surface area (Å²) in [6.07, 6.45) is 1.79. The minimum atomic E-state index is -0.471. The van der Waals surface area contributed by atoms with Gasteiger partial charge in [0.05, 0.1) is 27.2 Å². The second-order valence-electron chi connectivity index (χ2n) is 7.58. The van der Waals surface area contributed by atoms with E-state index in [1.807, 2.05) is 60.7 Å². The SMILES string of the molecule is O=c1c2ccccc2nc(-c2ccc(N=Cc3ccccc3)cc2)n1-c1ccc([N+](=O)[O-])cc1. The molecule has 0 aliphatic heterocycles. The van der Waals surface area contributed by atoms with Crippen molar-refractivity contribution in [2.24, 2.45) is 4.99 Å². The zero-order valence-electron chi connectivity index (χ0n) is 17.9. The van der Waals surface area contributed by atoms with Gasteiger partial charge in [0.1, 0.15) is 5.82 Å². The fraction of sp³-hybridized carbons (Fsp3) is 0. The van der Waals surface area contributed by atoms with Crippen molar-refractivity contribution in [2.45, 2.75) is 0 Å². The average Bonchev–Trinajstić information content (AvgIpc) is 2.88. The molecule has 0 saturated carbocycles. The Bertz CT molecular complexity index is 1570. The lowest BCUT2D eigenvalue weighted by atomic mass is 10.1. The van der Waals surface area contributed by atoms with Crippen LogP contribution >= 0.6 is 0 Å². The lowest BCUT2D eigenvalue weighted by molar-refractivity contribution is -0.384. The molecule has 0 N–H and O–H groups in total. The molecule has 5 rings (SSSR count). The Morgan fingerprint density at radius 1 is 0.824 bits per heavy atom. The molecule has 0 atom stereocenters. The van der Waals surface area contributed by atoms with E-state index in [1.54, 1.807) is 36.5 Å². The quantitative estimate of drug-likeness (QED) is 0.196. The summed E-state index contributed by atoms with van der Waals surface area (Å²) >= 11 is 0. The fourth-order valence-electron chi connectivity index (χ4n) is 3.67. The van der Waals surface area contributed by atoms with E-state index in [9.17, 15) is 14.9 Å². The number of non-ortho nitro benzene ring substituents is 1. The van der Waals surface area contributed by atoms with Gasteiger partial charge in [0.25, 0.3) is 11.2 Å². The number of para-hydroxylation sites is 1. The molecule has 0 aliphatic carbocycles. The molecule has 0 fully saturated rings. The normalized spacial score (nSPS) is 11.2. The Kier molecular flexibility index (Phi) is 5.50. The van der Waals surface area contributed by atoms with Crippen LogP contribution in [-0.4, -0.2) is 20.7 Å². The molecule has 1 aromatic heterocycles. The highest BCUT2D eigenvalue weighted by molar-refractivity contribution is 5.83. The molecule has 4 aromatic carbocycles. The highest BCUT2D eigenvalue weighted by Crippen LogP contribution is 2.25. The molecule has 1 heterocycles. The van der Waals surface area contributed by atoms with Crippen LogP contribution in [0.1, 0.15) is 5.56 Å². The van der Waals surface area contributed by atoms with E-state index in [0.29, 0.717) is 22.4 Å². The van der Waals surface area contributed by atoms with Crippen molar-refractivity contribution in [1.82, 2.24) is 9.55 Å². The van der Waals surface area contributed by atoms with Crippen molar-refractivity contribution in [3.05, 3.63) is 129 Å². The van der Waals surface area contributed by atoms with Gasteiger partial charge in [-0.05, 0) is 54.1 Å². The van der Waals surface area contributed by atoms with E-state index in [1.165, 1.54) is 16.7 Å². The average molecular weight is 446 g/mol. The van der Waals surface area contributed by atoms with Crippen LogP contribution in [0.5, 0.6) is 0 Å². The Hall–Kier alpha value is -4.91. The number of hydrogen-bond acceptors (Lipinski definition) is 5. The summed E-state index contributed by atoms with van der Waals surface area (Å²) in [5, 5.41) is 11.5. The smallest absolute Gasteiger partial charge is 0.268 e. The van der Waals surface area contributed by atoms with Gasteiger partial charge in [0, 0.05) is 23.9 Å². The number of nitro benzene ring substituents is 1. The summed E-state index contributed by atoms with van der Waals surface area (Å²) in [6.45, 7) is 0. The second kappa shape index (κ2) is 8.91. The molecular weight excluding hydrogens is 428 g/mol. The number of aromatic nitrogens is 2. The standard InChI is InChI=1S/C27H18N4O3/c32-27-24-8-4-5-9-25(24)29-26(30(27)22-14-16-23(17-15-22)31(33)34)20-10-12-21(13-11-20)28-18-19-6-2-1-3-7-19/h1-18H. The molecule has 0 aliphatic rings. The molecule has 0 spiro atoms. The second-order valence-corrected chi connectivity index (χ2v) is 7.58. The van der Waals surface area contributed by atoms with Crippen LogP contribution in [0, 0.1) is 10.1 Å². The Morgan fingerprint density at radius 3 is 2.21 bits per heavy atom. The highest BCUT2D eigenvalue weighted by atomic mass is 16.6. The maximum Gasteiger partial charge on any atom is 0.269 e. The summed E-state index contributed by atoms with van der Waals surface area (Å²) in [6, 6.07) is 30.2. The van der Waals surface area contributed by atoms with Gasteiger partial charge in [-0.25, -0.2) is 4.98 Å². The number of benzene rings is 4. The minimum Gasteiger partial charge on any atom is -0.268 e. The van der Waals surface area contributed by atoms with Crippen molar-refractivity contribution in [2.75, 3.05) is 0 Å². The van der Waals surface area contributed by atoms with Crippen molar-refractivity contribution in [1.29, 1.82) is 0 Å². The van der Waals surface area contributed by atoms with Gasteiger partial charge < -0.3 is 0 Å². The molecule has 164 valence electrons. The number of nitro groups is 1. The molecule has 0 radical (unpaired) electrons. The first-order valence-electron chi connectivity index (χ1n) is 10.6. The molecule has 0 bridgehead atoms. The summed E-state index contributed by atoms with van der Waals surface area (Å²) in [4.78, 5) is 33.3. The summed E-state index contributed by atoms with van der Waals surface area (Å²) in [5.41, 5.74) is 3.25. The molecule has 7 nitrogen and oxygen atoms in total. The van der Waals surface area contributed by atoms with Crippen LogP contribution in [0.15, 0.2) is 113 Å². The number of fused-ring (bicyclic) bond motifs is 1. The monoisotopic (exact) mass is 446 g/mol. The molecule has 5 aromatic rings. The number of rotatable bonds is 5. The van der Waals surface area contributed by atoms with Gasteiger partial charge >= 0.3 is 0 Å². The largest absolute Gasteiger partial charge is 0.269 e. The van der Waals surface area contributed by atoms with Gasteiger partial charge in [0.15, 0.2) is 0 Å². The molecular formula is C27H18N4O3. The van der Waals surface area contributed by atoms with E-state index in [0.717, 1.165) is 16.8 Å². The van der Waals surface area contributed by atoms with E-state index in [2.05, 4.69) is 4.99 Å². The summed E-state index contributed by atoms with van der Waals surface area (Å²) in [7, 11) is 0. The van der Waals surface area contributed by atoms with Crippen LogP contribution in [0.25, 0.3) is 28.0 Å². The first-order valence-corrected chi connectivity index (χ1v) is 10.6. The molecule has 0 amide bonds.